The van der Waals surface area contributed by atoms with E-state index < -0.39 is 20.8 Å². The van der Waals surface area contributed by atoms with Gasteiger partial charge in [0, 0.05) is 0 Å². The molecule has 1 aliphatic heterocycles. The summed E-state index contributed by atoms with van der Waals surface area (Å²) in [7, 11) is 10.7. The van der Waals surface area contributed by atoms with E-state index >= 15 is 0 Å². The summed E-state index contributed by atoms with van der Waals surface area (Å²) in [5.41, 5.74) is 9.94. The maximum absolute atomic E-state index is 4.93. The van der Waals surface area contributed by atoms with Gasteiger partial charge in [0.1, 0.15) is 0 Å². The molecule has 38 heavy (non-hydrogen) atoms. The van der Waals surface area contributed by atoms with Gasteiger partial charge in [-0.25, -0.2) is 0 Å². The van der Waals surface area contributed by atoms with Gasteiger partial charge in [0.15, 0.2) is 0 Å². The Morgan fingerprint density at radius 1 is 0.816 bits per heavy atom. The van der Waals surface area contributed by atoms with Gasteiger partial charge in [-0.1, -0.05) is 97.1 Å². The Kier molecular flexibility index (Phi) is 11.1. The van der Waals surface area contributed by atoms with E-state index in [2.05, 4.69) is 112 Å². The van der Waals surface area contributed by atoms with Crippen LogP contribution in [0.1, 0.15) is 43.4 Å². The number of halogens is 2. The molecule has 0 spiro atoms. The molecule has 5 aromatic rings. The number of hydrogen-bond donors (Lipinski definition) is 0. The number of aryl methyl sites for hydroxylation is 3. The van der Waals surface area contributed by atoms with Crippen molar-refractivity contribution in [2.45, 2.75) is 46.5 Å². The first-order valence-corrected chi connectivity index (χ1v) is 20.5. The van der Waals surface area contributed by atoms with Crippen LogP contribution < -0.4 is 10.4 Å². The third-order valence-electron chi connectivity index (χ3n) is 6.84. The fourth-order valence-electron chi connectivity index (χ4n) is 5.20. The maximum Gasteiger partial charge on any atom is 0.0920 e. The first-order chi connectivity index (χ1) is 18.6. The molecule has 5 aromatic carbocycles. The van der Waals surface area contributed by atoms with Crippen molar-refractivity contribution in [2.24, 2.45) is 0 Å². The summed E-state index contributed by atoms with van der Waals surface area (Å²) in [5, 5.41) is 5.65. The van der Waals surface area contributed by atoms with E-state index in [1.165, 1.54) is 79.4 Å². The van der Waals surface area contributed by atoms with E-state index in [1.807, 2.05) is 6.07 Å². The Morgan fingerprint density at radius 2 is 1.50 bits per heavy atom. The second kappa shape index (κ2) is 14.5. The number of benzene rings is 4. The molecule has 0 aliphatic carbocycles. The van der Waals surface area contributed by atoms with Crippen LogP contribution in [-0.2, 0) is 33.7 Å². The fraction of sp³-hybridized carbons (Fsp3) is 0.206. The van der Waals surface area contributed by atoms with Crippen LogP contribution in [-0.4, -0.2) is 9.52 Å². The molecule has 0 nitrogen and oxygen atoms in total. The number of rotatable bonds is 5. The topological polar surface area (TPSA) is 0 Å². The minimum atomic E-state index is -0.826. The van der Waals surface area contributed by atoms with Gasteiger partial charge in [-0.05, 0) is 30.9 Å². The van der Waals surface area contributed by atoms with Crippen LogP contribution in [0.2, 0.25) is 0 Å². The van der Waals surface area contributed by atoms with E-state index in [4.69, 9.17) is 17.0 Å². The predicted octanol–water partition coefficient (Wildman–Crippen LogP) is 8.94. The van der Waals surface area contributed by atoms with Crippen molar-refractivity contribution in [1.29, 1.82) is 0 Å². The van der Waals surface area contributed by atoms with Crippen molar-refractivity contribution < 1.29 is 20.8 Å². The van der Waals surface area contributed by atoms with Gasteiger partial charge in [0.05, 0.1) is 9.52 Å². The second-order valence-corrected chi connectivity index (χ2v) is 14.5. The fourth-order valence-corrected chi connectivity index (χ4v) is 6.51. The molecular formula is C34H32Cl2SiZr. The monoisotopic (exact) mass is 628 g/mol. The summed E-state index contributed by atoms with van der Waals surface area (Å²) in [4.78, 5) is 0. The molecule has 0 atom stereocenters. The normalized spacial score (nSPS) is 11.0. The van der Waals surface area contributed by atoms with Crippen molar-refractivity contribution in [1.82, 2.24) is 0 Å². The summed E-state index contributed by atoms with van der Waals surface area (Å²) >= 11 is -0.826. The van der Waals surface area contributed by atoms with Crippen LogP contribution in [0.3, 0.4) is 0 Å². The van der Waals surface area contributed by atoms with E-state index in [1.54, 1.807) is 0 Å². The summed E-state index contributed by atoms with van der Waals surface area (Å²) in [5.74, 6) is 0. The van der Waals surface area contributed by atoms with Gasteiger partial charge < -0.3 is 0 Å². The maximum atomic E-state index is 4.93. The molecule has 0 bridgehead atoms. The van der Waals surface area contributed by atoms with Crippen molar-refractivity contribution in [2.75, 3.05) is 0 Å². The van der Waals surface area contributed by atoms with Gasteiger partial charge in [-0.3, -0.25) is 0 Å². The Bertz CT molecular complexity index is 1440. The summed E-state index contributed by atoms with van der Waals surface area (Å²) in [6.45, 7) is 6.74. The van der Waals surface area contributed by atoms with Crippen molar-refractivity contribution in [3.8, 4) is 22.3 Å². The second-order valence-electron chi connectivity index (χ2n) is 9.48. The van der Waals surface area contributed by atoms with E-state index in [0.717, 1.165) is 15.9 Å². The molecule has 1 heterocycles. The van der Waals surface area contributed by atoms with Gasteiger partial charge >= 0.3 is 37.9 Å². The minimum absolute atomic E-state index is 0.795. The third kappa shape index (κ3) is 6.83. The summed E-state index contributed by atoms with van der Waals surface area (Å²) in [6, 6.07) is 36.4. The van der Waals surface area contributed by atoms with Gasteiger partial charge in [0.2, 0.25) is 0 Å². The summed E-state index contributed by atoms with van der Waals surface area (Å²) in [6.07, 6.45) is 4.71. The van der Waals surface area contributed by atoms with Gasteiger partial charge in [-0.15, -0.1) is 40.1 Å². The molecule has 2 radical (unpaired) electrons. The van der Waals surface area contributed by atoms with E-state index in [-0.39, 0.29) is 0 Å². The molecule has 0 fully saturated rings. The zero-order valence-corrected chi connectivity index (χ0v) is 27.2. The zero-order chi connectivity index (χ0) is 26.9. The first-order valence-electron chi connectivity index (χ1n) is 13.2. The SMILES string of the molecule is CCCc1cc2c(-c3ccccc3C)c(CCC)ccc2[cH-]1.[Cl][Zr+2][Cl].[c-]1cccc2c1[Si]c1ccccc1-2. The largest absolute Gasteiger partial charge is 0.184 e. The van der Waals surface area contributed by atoms with Crippen molar-refractivity contribution in [3.63, 3.8) is 0 Å². The van der Waals surface area contributed by atoms with Crippen LogP contribution in [0.5, 0.6) is 0 Å². The Morgan fingerprint density at radius 3 is 2.24 bits per heavy atom. The number of hydrogen-bond acceptors (Lipinski definition) is 0. The Hall–Kier alpha value is -1.83. The molecular weight excluding hydrogens is 599 g/mol. The van der Waals surface area contributed by atoms with Crippen LogP contribution in [0.25, 0.3) is 33.0 Å². The molecule has 0 N–H and O–H groups in total. The predicted molar refractivity (Wildman–Crippen MR) is 165 cm³/mol. The van der Waals surface area contributed by atoms with Gasteiger partial charge in [0.25, 0.3) is 0 Å². The quantitative estimate of drug-likeness (QED) is 0.132. The third-order valence-corrected chi connectivity index (χ3v) is 8.21. The minimum Gasteiger partial charge on any atom is -0.184 e. The zero-order valence-electron chi connectivity index (χ0n) is 22.2. The molecule has 190 valence electrons. The standard InChI is InChI=1S/C22H25.C12H7Si.2ClH.Zr/c1-4-8-17-14-19-13-12-18(9-5-2)22(21(19)15-17)20-11-7-6-10-16(20)3;1-3-7-11-9(5-1)10-6-2-4-8-12(10)13-11;;;/h6-7,10-15H,4-5,8-9H2,1-3H3;1-7H;2*1H;/q2*-1;;;+4/p-2. The first kappa shape index (κ1) is 29.2. The molecule has 0 saturated heterocycles. The van der Waals surface area contributed by atoms with E-state index in [0.29, 0.717) is 0 Å². The Balaban J connectivity index is 0.000000177. The summed E-state index contributed by atoms with van der Waals surface area (Å²) < 4.78 is 0. The van der Waals surface area contributed by atoms with Crippen molar-refractivity contribution in [3.05, 3.63) is 114 Å². The molecule has 4 heteroatoms. The van der Waals surface area contributed by atoms with Crippen molar-refractivity contribution >= 4 is 47.7 Å². The molecule has 1 aliphatic rings. The average Bonchev–Trinajstić information content (AvgIpc) is 3.51. The van der Waals surface area contributed by atoms with Gasteiger partial charge in [-0.2, -0.15) is 35.5 Å². The smallest absolute Gasteiger partial charge is 0.0920 e. The Labute approximate surface area is 249 Å². The number of fused-ring (bicyclic) bond motifs is 4. The van der Waals surface area contributed by atoms with Crippen LogP contribution in [0.15, 0.2) is 91.0 Å². The molecule has 0 unspecified atom stereocenters. The van der Waals surface area contributed by atoms with Crippen LogP contribution >= 0.6 is 17.0 Å². The van der Waals surface area contributed by atoms with E-state index in [9.17, 15) is 0 Å². The molecule has 0 aromatic heterocycles. The average molecular weight is 631 g/mol. The van der Waals surface area contributed by atoms with Crippen LogP contribution in [0.4, 0.5) is 0 Å². The van der Waals surface area contributed by atoms with Crippen LogP contribution in [0, 0.1) is 13.0 Å². The molecule has 0 amide bonds. The molecule has 0 saturated carbocycles. The molecule has 6 rings (SSSR count).